The molecule has 5 aromatic carbocycles. The van der Waals surface area contributed by atoms with Crippen molar-refractivity contribution in [1.82, 2.24) is 20.0 Å². The average molecular weight is 507 g/mol. The van der Waals surface area contributed by atoms with Crippen LogP contribution in [0.2, 0.25) is 0 Å². The highest BCUT2D eigenvalue weighted by Gasteiger charge is 2.19. The number of nitrogens with two attached hydrogens (primary N) is 1. The molecule has 7 aromatic rings. The average Bonchev–Trinajstić information content (AvgIpc) is 3.35. The Morgan fingerprint density at radius 2 is 1.59 bits per heavy atom. The van der Waals surface area contributed by atoms with Gasteiger partial charge < -0.3 is 5.73 Å². The summed E-state index contributed by atoms with van der Waals surface area (Å²) >= 11 is 0. The molecule has 3 N–H and O–H groups in total. The predicted molar refractivity (Wildman–Crippen MR) is 155 cm³/mol. The maximum atomic E-state index is 12.3. The number of rotatable bonds is 3. The van der Waals surface area contributed by atoms with Crippen molar-refractivity contribution >= 4 is 43.1 Å². The van der Waals surface area contributed by atoms with Crippen LogP contribution in [0.5, 0.6) is 0 Å². The number of hydrogen-bond acceptors (Lipinski definition) is 5. The van der Waals surface area contributed by atoms with E-state index in [2.05, 4.69) is 63.8 Å². The van der Waals surface area contributed by atoms with Crippen molar-refractivity contribution in [1.29, 1.82) is 5.26 Å². The molecular formula is C32H22N6O. The van der Waals surface area contributed by atoms with Crippen LogP contribution in [0.25, 0.3) is 65.5 Å². The van der Waals surface area contributed by atoms with Crippen LogP contribution in [0.15, 0.2) is 89.9 Å². The number of benzene rings is 5. The molecule has 2 aromatic heterocycles. The van der Waals surface area contributed by atoms with E-state index in [-0.39, 0.29) is 12.1 Å². The molecule has 186 valence electrons. The Kier molecular flexibility index (Phi) is 5.05. The molecule has 7 heteroatoms. The summed E-state index contributed by atoms with van der Waals surface area (Å²) in [6.45, 7) is 0.198. The molecule has 0 aliphatic rings. The smallest absolute Gasteiger partial charge is 0.272 e. The largest absolute Gasteiger partial charge is 0.325 e. The maximum Gasteiger partial charge on any atom is 0.272 e. The Balaban J connectivity index is 1.47. The second-order valence-corrected chi connectivity index (χ2v) is 9.71. The van der Waals surface area contributed by atoms with Crippen molar-refractivity contribution in [3.05, 3.63) is 107 Å². The standard InChI is InChI=1S/C32H22N6O/c1-38-31(29(17-35-38)21-7-9-25-27(13-21)30(16-34)36-37-32(25)39)24-8-6-20-12-22-10-18-4-2-3-5-19(18)11-23(22)14-26(20)28(24)15-33/h2-14,17H,16,34H2,1H3,(H,37,39). The van der Waals surface area contributed by atoms with Crippen molar-refractivity contribution in [3.8, 4) is 28.5 Å². The molecule has 0 saturated heterocycles. The van der Waals surface area contributed by atoms with Gasteiger partial charge in [0, 0.05) is 35.5 Å². The molecule has 0 fully saturated rings. The molecule has 7 nitrogen and oxygen atoms in total. The molecule has 0 radical (unpaired) electrons. The monoisotopic (exact) mass is 506 g/mol. The van der Waals surface area contributed by atoms with Crippen LogP contribution in [0.4, 0.5) is 0 Å². The normalized spacial score (nSPS) is 11.5. The molecule has 0 unspecified atom stereocenters. The van der Waals surface area contributed by atoms with E-state index in [0.29, 0.717) is 22.0 Å². The summed E-state index contributed by atoms with van der Waals surface area (Å²) in [7, 11) is 1.87. The van der Waals surface area contributed by atoms with Gasteiger partial charge in [0.1, 0.15) is 6.07 Å². The van der Waals surface area contributed by atoms with Crippen LogP contribution in [-0.2, 0) is 13.6 Å². The molecule has 2 heterocycles. The first-order chi connectivity index (χ1) is 19.1. The van der Waals surface area contributed by atoms with Crippen LogP contribution < -0.4 is 11.3 Å². The zero-order valence-corrected chi connectivity index (χ0v) is 21.1. The highest BCUT2D eigenvalue weighted by molar-refractivity contribution is 6.07. The highest BCUT2D eigenvalue weighted by atomic mass is 16.1. The number of nitrogens with zero attached hydrogens (tertiary/aromatic N) is 4. The number of fused-ring (bicyclic) bond motifs is 4. The van der Waals surface area contributed by atoms with E-state index in [9.17, 15) is 10.1 Å². The number of aromatic nitrogens is 4. The lowest BCUT2D eigenvalue weighted by Crippen LogP contribution is -2.13. The second-order valence-electron chi connectivity index (χ2n) is 9.71. The molecule has 7 rings (SSSR count). The summed E-state index contributed by atoms with van der Waals surface area (Å²) in [4.78, 5) is 12.3. The van der Waals surface area contributed by atoms with Crippen molar-refractivity contribution in [2.75, 3.05) is 0 Å². The fourth-order valence-corrected chi connectivity index (χ4v) is 5.59. The minimum absolute atomic E-state index is 0.198. The quantitative estimate of drug-likeness (QED) is 0.295. The maximum absolute atomic E-state index is 12.3. The van der Waals surface area contributed by atoms with Crippen molar-refractivity contribution in [3.63, 3.8) is 0 Å². The van der Waals surface area contributed by atoms with Crippen molar-refractivity contribution in [2.45, 2.75) is 6.54 Å². The molecule has 0 aliphatic carbocycles. The Morgan fingerprint density at radius 1 is 0.846 bits per heavy atom. The van der Waals surface area contributed by atoms with Gasteiger partial charge in [0.25, 0.3) is 5.56 Å². The van der Waals surface area contributed by atoms with E-state index < -0.39 is 0 Å². The lowest BCUT2D eigenvalue weighted by atomic mass is 9.91. The number of nitrogens with one attached hydrogen (secondary N) is 1. The number of hydrogen-bond donors (Lipinski definition) is 2. The Labute approximate surface area is 222 Å². The van der Waals surface area contributed by atoms with Gasteiger partial charge in [0.15, 0.2) is 0 Å². The van der Waals surface area contributed by atoms with Gasteiger partial charge >= 0.3 is 0 Å². The van der Waals surface area contributed by atoms with Crippen LogP contribution >= 0.6 is 0 Å². The van der Waals surface area contributed by atoms with Gasteiger partial charge in [-0.1, -0.05) is 42.5 Å². The molecule has 0 bridgehead atoms. The van der Waals surface area contributed by atoms with Crippen LogP contribution in [0, 0.1) is 11.3 Å². The van der Waals surface area contributed by atoms with Gasteiger partial charge in [-0.15, -0.1) is 0 Å². The van der Waals surface area contributed by atoms with Gasteiger partial charge in [0.05, 0.1) is 28.5 Å². The summed E-state index contributed by atoms with van der Waals surface area (Å²) < 4.78 is 1.79. The molecule has 0 atom stereocenters. The third-order valence-corrected chi connectivity index (χ3v) is 7.52. The van der Waals surface area contributed by atoms with Gasteiger partial charge in [-0.3, -0.25) is 9.48 Å². The molecule has 0 spiro atoms. The zero-order chi connectivity index (χ0) is 26.7. The van der Waals surface area contributed by atoms with E-state index in [1.165, 1.54) is 5.39 Å². The first-order valence-corrected chi connectivity index (χ1v) is 12.6. The summed E-state index contributed by atoms with van der Waals surface area (Å²) in [5.41, 5.74) is 10.2. The summed E-state index contributed by atoms with van der Waals surface area (Å²) in [6, 6.07) is 29.0. The van der Waals surface area contributed by atoms with Crippen LogP contribution in [0.3, 0.4) is 0 Å². The molecule has 39 heavy (non-hydrogen) atoms. The van der Waals surface area contributed by atoms with Gasteiger partial charge in [-0.25, -0.2) is 5.10 Å². The van der Waals surface area contributed by atoms with E-state index in [0.717, 1.165) is 49.3 Å². The van der Waals surface area contributed by atoms with E-state index in [1.54, 1.807) is 16.9 Å². The van der Waals surface area contributed by atoms with Gasteiger partial charge in [-0.2, -0.15) is 15.5 Å². The topological polar surface area (TPSA) is 113 Å². The molecular weight excluding hydrogens is 484 g/mol. The highest BCUT2D eigenvalue weighted by Crippen LogP contribution is 2.38. The first-order valence-electron chi connectivity index (χ1n) is 12.6. The summed E-state index contributed by atoms with van der Waals surface area (Å²) in [6.07, 6.45) is 1.79. The summed E-state index contributed by atoms with van der Waals surface area (Å²) in [5, 5.41) is 29.3. The zero-order valence-electron chi connectivity index (χ0n) is 21.1. The van der Waals surface area contributed by atoms with Crippen molar-refractivity contribution in [2.24, 2.45) is 12.8 Å². The predicted octanol–water partition coefficient (Wildman–Crippen LogP) is 5.78. The Bertz CT molecular complexity index is 2220. The van der Waals surface area contributed by atoms with Crippen LogP contribution in [-0.4, -0.2) is 20.0 Å². The number of aromatic amines is 1. The van der Waals surface area contributed by atoms with Crippen LogP contribution in [0.1, 0.15) is 11.3 Å². The number of nitriles is 1. The minimum Gasteiger partial charge on any atom is -0.325 e. The SMILES string of the molecule is Cn1ncc(-c2ccc3c(=O)[nH]nc(CN)c3c2)c1-c1ccc2cc3cc4ccccc4cc3cc2c1C#N. The third kappa shape index (κ3) is 3.51. The third-order valence-electron chi connectivity index (χ3n) is 7.52. The van der Waals surface area contributed by atoms with Crippen molar-refractivity contribution < 1.29 is 0 Å². The fourth-order valence-electron chi connectivity index (χ4n) is 5.59. The summed E-state index contributed by atoms with van der Waals surface area (Å²) in [5.74, 6) is 0. The minimum atomic E-state index is -0.263. The molecule has 0 saturated carbocycles. The Hall–Kier alpha value is -5.32. The lowest BCUT2D eigenvalue weighted by Gasteiger charge is -2.13. The van der Waals surface area contributed by atoms with E-state index in [1.807, 2.05) is 37.4 Å². The first kappa shape index (κ1) is 22.8. The van der Waals surface area contributed by atoms with E-state index in [4.69, 9.17) is 5.73 Å². The number of H-pyrrole nitrogens is 1. The van der Waals surface area contributed by atoms with E-state index >= 15 is 0 Å². The second kappa shape index (κ2) is 8.62. The number of aryl methyl sites for hydroxylation is 1. The molecule has 0 aliphatic heterocycles. The van der Waals surface area contributed by atoms with Gasteiger partial charge in [-0.05, 0) is 68.9 Å². The fraction of sp³-hybridized carbons (Fsp3) is 0.0625. The van der Waals surface area contributed by atoms with Gasteiger partial charge in [0.2, 0.25) is 0 Å². The molecule has 0 amide bonds. The Morgan fingerprint density at radius 3 is 2.33 bits per heavy atom. The lowest BCUT2D eigenvalue weighted by molar-refractivity contribution is 0.776.